The van der Waals surface area contributed by atoms with Crippen molar-refractivity contribution in [2.45, 2.75) is 31.2 Å². The quantitative estimate of drug-likeness (QED) is 0.750. The lowest BCUT2D eigenvalue weighted by molar-refractivity contribution is -0.137. The molecule has 5 nitrogen and oxygen atoms in total. The molecule has 0 aliphatic carbocycles. The van der Waals surface area contributed by atoms with Crippen LogP contribution in [0.25, 0.3) is 0 Å². The fraction of sp³-hybridized carbons (Fsp3) is 0.500. The van der Waals surface area contributed by atoms with Gasteiger partial charge in [0.25, 0.3) is 0 Å². The van der Waals surface area contributed by atoms with E-state index >= 15 is 0 Å². The predicted octanol–water partition coefficient (Wildman–Crippen LogP) is 3.23. The Hall–Kier alpha value is -2.46. The van der Waals surface area contributed by atoms with Crippen molar-refractivity contribution >= 4 is 11.9 Å². The van der Waals surface area contributed by atoms with Crippen LogP contribution in [0.4, 0.5) is 31.1 Å². The molecule has 0 radical (unpaired) electrons. The minimum absolute atomic E-state index is 0.0340. The molecule has 0 unspecified atom stereocenters. The van der Waals surface area contributed by atoms with Crippen LogP contribution in [0.1, 0.15) is 30.0 Å². The standard InChI is InChI=1S/C16H17F6N3O2/c17-15(18,19)9-23-14(27)24-12(8-25-6-2-5-13(25)26)10-3-1-4-11(7-10)16(20,21)22/h1,3-4,7,12H,2,5-6,8-9H2,(H2,23,24,27)/t12-/m1/s1. The number of rotatable bonds is 5. The second kappa shape index (κ2) is 8.05. The van der Waals surface area contributed by atoms with Crippen molar-refractivity contribution in [3.63, 3.8) is 0 Å². The Labute approximate surface area is 150 Å². The number of carbonyl (C=O) groups is 2. The molecule has 1 aromatic rings. The second-order valence-electron chi connectivity index (χ2n) is 6.06. The molecule has 0 saturated carbocycles. The fourth-order valence-corrected chi connectivity index (χ4v) is 2.67. The molecule has 2 rings (SSSR count). The fourth-order valence-electron chi connectivity index (χ4n) is 2.67. The Balaban J connectivity index is 2.19. The van der Waals surface area contributed by atoms with E-state index in [1.54, 1.807) is 5.32 Å². The molecule has 2 N–H and O–H groups in total. The highest BCUT2D eigenvalue weighted by Gasteiger charge is 2.33. The average Bonchev–Trinajstić information content (AvgIpc) is 2.96. The molecule has 0 spiro atoms. The predicted molar refractivity (Wildman–Crippen MR) is 82.6 cm³/mol. The molecule has 0 bridgehead atoms. The van der Waals surface area contributed by atoms with E-state index in [2.05, 4.69) is 5.32 Å². The van der Waals surface area contributed by atoms with E-state index < -0.39 is 36.5 Å². The lowest BCUT2D eigenvalue weighted by atomic mass is 10.0. The van der Waals surface area contributed by atoms with Crippen LogP contribution in [-0.2, 0) is 11.0 Å². The molecule has 1 fully saturated rings. The van der Waals surface area contributed by atoms with Crippen molar-refractivity contribution in [3.8, 4) is 0 Å². The average molecular weight is 397 g/mol. The SMILES string of the molecule is O=C(NCC(F)(F)F)N[C@H](CN1CCCC1=O)c1cccc(C(F)(F)F)c1. The number of benzene rings is 1. The van der Waals surface area contributed by atoms with Gasteiger partial charge in [-0.05, 0) is 24.1 Å². The molecule has 1 atom stereocenters. The molecule has 1 heterocycles. The summed E-state index contributed by atoms with van der Waals surface area (Å²) in [5.74, 6) is -0.232. The number of amides is 3. The van der Waals surface area contributed by atoms with E-state index in [-0.39, 0.29) is 24.4 Å². The van der Waals surface area contributed by atoms with Crippen molar-refractivity contribution in [3.05, 3.63) is 35.4 Å². The zero-order valence-corrected chi connectivity index (χ0v) is 14.0. The summed E-state index contributed by atoms with van der Waals surface area (Å²) >= 11 is 0. The topological polar surface area (TPSA) is 61.4 Å². The summed E-state index contributed by atoms with van der Waals surface area (Å²) in [5.41, 5.74) is -0.929. The largest absolute Gasteiger partial charge is 0.416 e. The highest BCUT2D eigenvalue weighted by molar-refractivity contribution is 5.78. The van der Waals surface area contributed by atoms with Crippen LogP contribution in [0.3, 0.4) is 0 Å². The zero-order chi connectivity index (χ0) is 20.2. The molecule has 1 aliphatic heterocycles. The molecular weight excluding hydrogens is 380 g/mol. The number of halogens is 6. The van der Waals surface area contributed by atoms with Gasteiger partial charge >= 0.3 is 18.4 Å². The van der Waals surface area contributed by atoms with Crippen LogP contribution in [-0.4, -0.2) is 42.6 Å². The van der Waals surface area contributed by atoms with Crippen LogP contribution >= 0.6 is 0 Å². The van der Waals surface area contributed by atoms with Gasteiger partial charge in [-0.25, -0.2) is 4.79 Å². The molecule has 1 aliphatic rings. The summed E-state index contributed by atoms with van der Waals surface area (Å²) in [6.07, 6.45) is -8.42. The molecule has 1 saturated heterocycles. The van der Waals surface area contributed by atoms with Crippen molar-refractivity contribution in [2.75, 3.05) is 19.6 Å². The highest BCUT2D eigenvalue weighted by Crippen LogP contribution is 2.31. The van der Waals surface area contributed by atoms with Gasteiger partial charge in [0.1, 0.15) is 6.54 Å². The Morgan fingerprint density at radius 2 is 1.89 bits per heavy atom. The maximum absolute atomic E-state index is 12.9. The minimum Gasteiger partial charge on any atom is -0.340 e. The lowest BCUT2D eigenvalue weighted by Gasteiger charge is -2.26. The molecule has 3 amide bonds. The maximum Gasteiger partial charge on any atom is 0.416 e. The molecule has 1 aromatic carbocycles. The van der Waals surface area contributed by atoms with Gasteiger partial charge in [-0.2, -0.15) is 26.3 Å². The van der Waals surface area contributed by atoms with Gasteiger partial charge in [-0.15, -0.1) is 0 Å². The smallest absolute Gasteiger partial charge is 0.340 e. The van der Waals surface area contributed by atoms with Crippen LogP contribution in [0.2, 0.25) is 0 Å². The van der Waals surface area contributed by atoms with Crippen LogP contribution < -0.4 is 10.6 Å². The van der Waals surface area contributed by atoms with Crippen molar-refractivity contribution in [1.29, 1.82) is 0 Å². The zero-order valence-electron chi connectivity index (χ0n) is 14.0. The number of carbonyl (C=O) groups excluding carboxylic acids is 2. The summed E-state index contributed by atoms with van der Waals surface area (Å²) in [4.78, 5) is 24.9. The Bertz CT molecular complexity index is 689. The number of urea groups is 1. The van der Waals surface area contributed by atoms with Crippen LogP contribution in [0.5, 0.6) is 0 Å². The summed E-state index contributed by atoms with van der Waals surface area (Å²) in [5, 5.41) is 3.82. The Kier molecular flexibility index (Phi) is 6.22. The van der Waals surface area contributed by atoms with Crippen molar-refractivity contribution in [1.82, 2.24) is 15.5 Å². The highest BCUT2D eigenvalue weighted by atomic mass is 19.4. The minimum atomic E-state index is -4.63. The third kappa shape index (κ3) is 6.33. The first kappa shape index (κ1) is 20.8. The van der Waals surface area contributed by atoms with E-state index in [0.29, 0.717) is 13.0 Å². The summed E-state index contributed by atoms with van der Waals surface area (Å²) in [7, 11) is 0. The number of nitrogens with zero attached hydrogens (tertiary/aromatic N) is 1. The van der Waals surface area contributed by atoms with E-state index in [1.165, 1.54) is 11.0 Å². The first-order chi connectivity index (χ1) is 12.5. The Morgan fingerprint density at radius 1 is 1.19 bits per heavy atom. The summed E-state index contributed by atoms with van der Waals surface area (Å²) in [6, 6.07) is 1.79. The van der Waals surface area contributed by atoms with E-state index in [1.807, 2.05) is 0 Å². The van der Waals surface area contributed by atoms with Gasteiger partial charge in [-0.1, -0.05) is 12.1 Å². The number of alkyl halides is 6. The van der Waals surface area contributed by atoms with Crippen LogP contribution in [0, 0.1) is 0 Å². The van der Waals surface area contributed by atoms with Gasteiger partial charge in [0, 0.05) is 19.5 Å². The Morgan fingerprint density at radius 3 is 2.44 bits per heavy atom. The van der Waals surface area contributed by atoms with Crippen molar-refractivity contribution in [2.24, 2.45) is 0 Å². The van der Waals surface area contributed by atoms with Gasteiger partial charge in [0.2, 0.25) is 5.91 Å². The third-order valence-electron chi connectivity index (χ3n) is 3.95. The lowest BCUT2D eigenvalue weighted by Crippen LogP contribution is -2.45. The van der Waals surface area contributed by atoms with E-state index in [9.17, 15) is 35.9 Å². The van der Waals surface area contributed by atoms with Gasteiger partial charge in [0.15, 0.2) is 0 Å². The molecule has 27 heavy (non-hydrogen) atoms. The van der Waals surface area contributed by atoms with Gasteiger partial charge < -0.3 is 15.5 Å². The number of hydrogen-bond acceptors (Lipinski definition) is 2. The maximum atomic E-state index is 12.9. The number of nitrogens with one attached hydrogen (secondary N) is 2. The van der Waals surface area contributed by atoms with Gasteiger partial charge in [0.05, 0.1) is 11.6 Å². The normalized spacial score (nSPS) is 16.4. The molecule has 11 heteroatoms. The monoisotopic (exact) mass is 397 g/mol. The second-order valence-corrected chi connectivity index (χ2v) is 6.06. The molecular formula is C16H17F6N3O2. The first-order valence-corrected chi connectivity index (χ1v) is 8.02. The van der Waals surface area contributed by atoms with E-state index in [0.717, 1.165) is 18.2 Å². The number of likely N-dealkylation sites (tertiary alicyclic amines) is 1. The number of hydrogen-bond donors (Lipinski definition) is 2. The summed E-state index contributed by atoms with van der Waals surface area (Å²) in [6.45, 7) is -1.36. The molecule has 0 aromatic heterocycles. The van der Waals surface area contributed by atoms with Crippen molar-refractivity contribution < 1.29 is 35.9 Å². The summed E-state index contributed by atoms with van der Waals surface area (Å²) < 4.78 is 75.4. The van der Waals surface area contributed by atoms with Gasteiger partial charge in [-0.3, -0.25) is 4.79 Å². The first-order valence-electron chi connectivity index (χ1n) is 8.02. The third-order valence-corrected chi connectivity index (χ3v) is 3.95. The molecule has 150 valence electrons. The van der Waals surface area contributed by atoms with E-state index in [4.69, 9.17) is 0 Å². The van der Waals surface area contributed by atoms with Crippen LogP contribution in [0.15, 0.2) is 24.3 Å².